The third-order valence-electron chi connectivity index (χ3n) is 4.32. The quantitative estimate of drug-likeness (QED) is 0.852. The predicted molar refractivity (Wildman–Crippen MR) is 89.4 cm³/mol. The zero-order valence-electron chi connectivity index (χ0n) is 12.7. The maximum atomic E-state index is 12.3. The van der Waals surface area contributed by atoms with E-state index in [1.807, 2.05) is 41.3 Å². The van der Waals surface area contributed by atoms with Crippen molar-refractivity contribution in [2.24, 2.45) is 5.92 Å². The van der Waals surface area contributed by atoms with Gasteiger partial charge in [-0.05, 0) is 30.9 Å². The van der Waals surface area contributed by atoms with Crippen LogP contribution in [0.3, 0.4) is 0 Å². The molecule has 116 valence electrons. The van der Waals surface area contributed by atoms with Crippen LogP contribution in [-0.2, 0) is 4.79 Å². The van der Waals surface area contributed by atoms with E-state index < -0.39 is 0 Å². The standard InChI is InChI=1S/C18H20ClNO2/c1-13-8-10-20(11-9-13)18(21)12-22-17-7-6-16(19)14-4-2-3-5-15(14)17/h2-7,13H,8-12H2,1H3. The van der Waals surface area contributed by atoms with E-state index in [4.69, 9.17) is 16.3 Å². The average molecular weight is 318 g/mol. The molecule has 0 radical (unpaired) electrons. The van der Waals surface area contributed by atoms with Gasteiger partial charge in [-0.15, -0.1) is 0 Å². The molecule has 0 bridgehead atoms. The van der Waals surface area contributed by atoms with E-state index in [9.17, 15) is 4.79 Å². The first-order valence-electron chi connectivity index (χ1n) is 7.73. The maximum Gasteiger partial charge on any atom is 0.260 e. The van der Waals surface area contributed by atoms with Gasteiger partial charge in [0.2, 0.25) is 0 Å². The Labute approximate surface area is 135 Å². The van der Waals surface area contributed by atoms with Crippen molar-refractivity contribution >= 4 is 28.3 Å². The van der Waals surface area contributed by atoms with Crippen molar-refractivity contribution in [1.29, 1.82) is 0 Å². The van der Waals surface area contributed by atoms with E-state index >= 15 is 0 Å². The summed E-state index contributed by atoms with van der Waals surface area (Å²) in [5.41, 5.74) is 0. The number of rotatable bonds is 3. The molecule has 1 saturated heterocycles. The zero-order chi connectivity index (χ0) is 15.5. The number of fused-ring (bicyclic) bond motifs is 1. The normalized spacial score (nSPS) is 16.0. The fourth-order valence-electron chi connectivity index (χ4n) is 2.85. The Morgan fingerprint density at radius 2 is 1.86 bits per heavy atom. The topological polar surface area (TPSA) is 29.5 Å². The minimum absolute atomic E-state index is 0.0610. The third kappa shape index (κ3) is 3.20. The average Bonchev–Trinajstić information content (AvgIpc) is 2.55. The molecular formula is C18H20ClNO2. The lowest BCUT2D eigenvalue weighted by Gasteiger charge is -2.30. The van der Waals surface area contributed by atoms with Crippen LogP contribution < -0.4 is 4.74 Å². The molecule has 0 saturated carbocycles. The van der Waals surface area contributed by atoms with E-state index in [0.717, 1.165) is 36.7 Å². The van der Waals surface area contributed by atoms with E-state index in [0.29, 0.717) is 16.7 Å². The van der Waals surface area contributed by atoms with E-state index in [-0.39, 0.29) is 12.5 Å². The molecule has 1 heterocycles. The molecule has 1 aliphatic rings. The first-order chi connectivity index (χ1) is 10.6. The summed E-state index contributed by atoms with van der Waals surface area (Å²) in [6.45, 7) is 3.99. The van der Waals surface area contributed by atoms with Crippen LogP contribution in [0.2, 0.25) is 5.02 Å². The minimum atomic E-state index is 0.0610. The van der Waals surface area contributed by atoms with Crippen molar-refractivity contribution in [2.75, 3.05) is 19.7 Å². The van der Waals surface area contributed by atoms with Crippen LogP contribution in [0.4, 0.5) is 0 Å². The highest BCUT2D eigenvalue weighted by Crippen LogP contribution is 2.31. The van der Waals surface area contributed by atoms with Gasteiger partial charge in [0, 0.05) is 28.9 Å². The predicted octanol–water partition coefficient (Wildman–Crippen LogP) is 4.13. The number of hydrogen-bond donors (Lipinski definition) is 0. The van der Waals surface area contributed by atoms with Gasteiger partial charge in [-0.3, -0.25) is 4.79 Å². The summed E-state index contributed by atoms with van der Waals surface area (Å²) in [4.78, 5) is 14.2. The second-order valence-electron chi connectivity index (χ2n) is 5.94. The summed E-state index contributed by atoms with van der Waals surface area (Å²) in [6, 6.07) is 11.4. The molecular weight excluding hydrogens is 298 g/mol. The molecule has 3 nitrogen and oxygen atoms in total. The van der Waals surface area contributed by atoms with Crippen molar-refractivity contribution in [3.8, 4) is 5.75 Å². The van der Waals surface area contributed by atoms with Gasteiger partial charge in [0.1, 0.15) is 5.75 Å². The summed E-state index contributed by atoms with van der Waals surface area (Å²) in [6.07, 6.45) is 2.16. The summed E-state index contributed by atoms with van der Waals surface area (Å²) < 4.78 is 5.77. The lowest BCUT2D eigenvalue weighted by atomic mass is 9.99. The van der Waals surface area contributed by atoms with Crippen LogP contribution in [0.15, 0.2) is 36.4 Å². The Morgan fingerprint density at radius 1 is 1.18 bits per heavy atom. The zero-order valence-corrected chi connectivity index (χ0v) is 13.5. The Morgan fingerprint density at radius 3 is 2.59 bits per heavy atom. The lowest BCUT2D eigenvalue weighted by molar-refractivity contribution is -0.134. The van der Waals surface area contributed by atoms with Crippen molar-refractivity contribution in [1.82, 2.24) is 4.90 Å². The molecule has 0 unspecified atom stereocenters. The summed E-state index contributed by atoms with van der Waals surface area (Å²) >= 11 is 6.20. The van der Waals surface area contributed by atoms with Crippen LogP contribution in [-0.4, -0.2) is 30.5 Å². The van der Waals surface area contributed by atoms with Crippen LogP contribution in [0.5, 0.6) is 5.75 Å². The SMILES string of the molecule is CC1CCN(C(=O)COc2ccc(Cl)c3ccccc23)CC1. The molecule has 1 fully saturated rings. The van der Waals surface area contributed by atoms with Gasteiger partial charge in [0.15, 0.2) is 6.61 Å². The Kier molecular flexibility index (Phi) is 4.53. The van der Waals surface area contributed by atoms with Crippen LogP contribution in [0.25, 0.3) is 10.8 Å². The summed E-state index contributed by atoms with van der Waals surface area (Å²) in [5, 5.41) is 2.58. The molecule has 22 heavy (non-hydrogen) atoms. The van der Waals surface area contributed by atoms with Crippen LogP contribution in [0, 0.1) is 5.92 Å². The van der Waals surface area contributed by atoms with Crippen molar-refractivity contribution in [3.05, 3.63) is 41.4 Å². The molecule has 1 amide bonds. The molecule has 0 aliphatic carbocycles. The van der Waals surface area contributed by atoms with Gasteiger partial charge in [-0.2, -0.15) is 0 Å². The number of hydrogen-bond acceptors (Lipinski definition) is 2. The van der Waals surface area contributed by atoms with E-state index in [1.54, 1.807) is 0 Å². The molecule has 0 N–H and O–H groups in total. The third-order valence-corrected chi connectivity index (χ3v) is 4.65. The first kappa shape index (κ1) is 15.2. The Balaban J connectivity index is 1.69. The maximum absolute atomic E-state index is 12.3. The molecule has 0 spiro atoms. The number of carbonyl (C=O) groups excluding carboxylic acids is 1. The van der Waals surface area contributed by atoms with Gasteiger partial charge in [-0.25, -0.2) is 0 Å². The monoisotopic (exact) mass is 317 g/mol. The van der Waals surface area contributed by atoms with Gasteiger partial charge >= 0.3 is 0 Å². The van der Waals surface area contributed by atoms with Crippen LogP contribution >= 0.6 is 11.6 Å². The molecule has 2 aromatic carbocycles. The molecule has 2 aromatic rings. The fraction of sp³-hybridized carbons (Fsp3) is 0.389. The highest BCUT2D eigenvalue weighted by atomic mass is 35.5. The van der Waals surface area contributed by atoms with Crippen molar-refractivity contribution in [2.45, 2.75) is 19.8 Å². The number of halogens is 1. The van der Waals surface area contributed by atoms with Crippen molar-refractivity contribution in [3.63, 3.8) is 0 Å². The van der Waals surface area contributed by atoms with Crippen LogP contribution in [0.1, 0.15) is 19.8 Å². The number of piperidine rings is 1. The second kappa shape index (κ2) is 6.57. The number of likely N-dealkylation sites (tertiary alicyclic amines) is 1. The number of carbonyl (C=O) groups is 1. The fourth-order valence-corrected chi connectivity index (χ4v) is 3.08. The lowest BCUT2D eigenvalue weighted by Crippen LogP contribution is -2.40. The van der Waals surface area contributed by atoms with Gasteiger partial charge in [-0.1, -0.05) is 42.8 Å². The van der Waals surface area contributed by atoms with Gasteiger partial charge < -0.3 is 9.64 Å². The Bertz CT molecular complexity index is 678. The summed E-state index contributed by atoms with van der Waals surface area (Å²) in [7, 11) is 0. The molecule has 0 atom stereocenters. The van der Waals surface area contributed by atoms with E-state index in [1.165, 1.54) is 0 Å². The molecule has 1 aliphatic heterocycles. The smallest absolute Gasteiger partial charge is 0.260 e. The number of amides is 1. The minimum Gasteiger partial charge on any atom is -0.483 e. The second-order valence-corrected chi connectivity index (χ2v) is 6.35. The molecule has 4 heteroatoms. The van der Waals surface area contributed by atoms with Crippen molar-refractivity contribution < 1.29 is 9.53 Å². The summed E-state index contributed by atoms with van der Waals surface area (Å²) in [5.74, 6) is 1.48. The van der Waals surface area contributed by atoms with Gasteiger partial charge in [0.05, 0.1) is 0 Å². The first-order valence-corrected chi connectivity index (χ1v) is 8.11. The number of nitrogens with zero attached hydrogens (tertiary/aromatic N) is 1. The van der Waals surface area contributed by atoms with E-state index in [2.05, 4.69) is 6.92 Å². The molecule has 0 aromatic heterocycles. The Hall–Kier alpha value is -1.74. The largest absolute Gasteiger partial charge is 0.483 e. The highest BCUT2D eigenvalue weighted by Gasteiger charge is 2.20. The number of benzene rings is 2. The van der Waals surface area contributed by atoms with Gasteiger partial charge in [0.25, 0.3) is 5.91 Å². The molecule has 3 rings (SSSR count). The number of ether oxygens (including phenoxy) is 1. The highest BCUT2D eigenvalue weighted by molar-refractivity contribution is 6.35.